The summed E-state index contributed by atoms with van der Waals surface area (Å²) in [6.45, 7) is 3.90. The first kappa shape index (κ1) is 19.7. The lowest BCUT2D eigenvalue weighted by Crippen LogP contribution is -2.25. The predicted molar refractivity (Wildman–Crippen MR) is 97.3 cm³/mol. The maximum absolute atomic E-state index is 12.3. The third-order valence-corrected chi connectivity index (χ3v) is 3.92. The summed E-state index contributed by atoms with van der Waals surface area (Å²) in [5.74, 6) is 2.14. The van der Waals surface area contributed by atoms with Gasteiger partial charge in [-0.2, -0.15) is 5.26 Å². The Morgan fingerprint density at radius 1 is 1.37 bits per heavy atom. The molecule has 0 spiro atoms. The largest absolute Gasteiger partial charge is 0.490 e. The molecule has 0 amide bonds. The summed E-state index contributed by atoms with van der Waals surface area (Å²) in [6.07, 6.45) is 5.24. The lowest BCUT2D eigenvalue weighted by molar-refractivity contribution is -0.136. The zero-order valence-electron chi connectivity index (χ0n) is 15.4. The van der Waals surface area contributed by atoms with E-state index < -0.39 is 11.9 Å². The Bertz CT molecular complexity index is 887. The normalized spacial score (nSPS) is 16.1. The van der Waals surface area contributed by atoms with Gasteiger partial charge < -0.3 is 24.7 Å². The van der Waals surface area contributed by atoms with E-state index in [1.54, 1.807) is 25.1 Å². The van der Waals surface area contributed by atoms with Crippen molar-refractivity contribution < 1.29 is 23.7 Å². The molecule has 0 unspecified atom stereocenters. The van der Waals surface area contributed by atoms with E-state index in [-0.39, 0.29) is 29.4 Å². The first-order valence-corrected chi connectivity index (χ1v) is 8.18. The van der Waals surface area contributed by atoms with Gasteiger partial charge in [0, 0.05) is 0 Å². The Labute approximate surface area is 158 Å². The SMILES string of the molecule is C#CCOc1ccc([C@H]2C(C#N)=C(N)OC(C)=C2C(=O)OC)cc1OCC. The fourth-order valence-electron chi connectivity index (χ4n) is 2.80. The van der Waals surface area contributed by atoms with E-state index in [2.05, 4.69) is 5.92 Å². The van der Waals surface area contributed by atoms with Crippen molar-refractivity contribution in [2.75, 3.05) is 20.3 Å². The van der Waals surface area contributed by atoms with Crippen LogP contribution in [0.25, 0.3) is 0 Å². The van der Waals surface area contributed by atoms with E-state index in [1.807, 2.05) is 13.0 Å². The van der Waals surface area contributed by atoms with E-state index >= 15 is 0 Å². The molecular formula is C20H20N2O5. The Balaban J connectivity index is 2.61. The number of nitrogens with zero attached hydrogens (tertiary/aromatic N) is 1. The van der Waals surface area contributed by atoms with Crippen molar-refractivity contribution in [3.05, 3.63) is 46.6 Å². The van der Waals surface area contributed by atoms with Gasteiger partial charge in [0.25, 0.3) is 0 Å². The smallest absolute Gasteiger partial charge is 0.338 e. The molecule has 27 heavy (non-hydrogen) atoms. The van der Waals surface area contributed by atoms with Crippen LogP contribution in [0.2, 0.25) is 0 Å². The minimum absolute atomic E-state index is 0.0572. The van der Waals surface area contributed by atoms with E-state index in [0.29, 0.717) is 23.7 Å². The lowest BCUT2D eigenvalue weighted by atomic mass is 9.83. The molecule has 140 valence electrons. The molecule has 1 atom stereocenters. The minimum atomic E-state index is -0.753. The summed E-state index contributed by atoms with van der Waals surface area (Å²) < 4.78 is 21.3. The second-order valence-electron chi connectivity index (χ2n) is 5.52. The van der Waals surface area contributed by atoms with Gasteiger partial charge in [0.1, 0.15) is 24.0 Å². The number of nitriles is 1. The highest BCUT2D eigenvalue weighted by Gasteiger charge is 2.36. The van der Waals surface area contributed by atoms with E-state index in [9.17, 15) is 10.1 Å². The number of benzene rings is 1. The molecule has 1 heterocycles. The zero-order valence-corrected chi connectivity index (χ0v) is 15.4. The predicted octanol–water partition coefficient (Wildman–Crippen LogP) is 2.35. The van der Waals surface area contributed by atoms with Crippen molar-refractivity contribution in [3.63, 3.8) is 0 Å². The van der Waals surface area contributed by atoms with Gasteiger partial charge in [-0.1, -0.05) is 12.0 Å². The van der Waals surface area contributed by atoms with Gasteiger partial charge in [0.05, 0.1) is 25.2 Å². The molecule has 0 radical (unpaired) electrons. The molecule has 7 nitrogen and oxygen atoms in total. The van der Waals surface area contributed by atoms with Gasteiger partial charge in [-0.3, -0.25) is 0 Å². The van der Waals surface area contributed by atoms with Crippen LogP contribution in [0.3, 0.4) is 0 Å². The number of carbonyl (C=O) groups excluding carboxylic acids is 1. The van der Waals surface area contributed by atoms with Gasteiger partial charge in [-0.05, 0) is 31.5 Å². The molecule has 1 aromatic rings. The quantitative estimate of drug-likeness (QED) is 0.607. The number of nitrogens with two attached hydrogens (primary N) is 1. The molecule has 2 rings (SSSR count). The highest BCUT2D eigenvalue weighted by atomic mass is 16.5. The molecule has 0 aromatic heterocycles. The van der Waals surface area contributed by atoms with Crippen LogP contribution in [-0.2, 0) is 14.3 Å². The van der Waals surface area contributed by atoms with E-state index in [1.165, 1.54) is 7.11 Å². The van der Waals surface area contributed by atoms with Crippen molar-refractivity contribution in [1.29, 1.82) is 5.26 Å². The average molecular weight is 368 g/mol. The standard InChI is InChI=1S/C20H20N2O5/c1-5-9-26-15-8-7-13(10-16(15)25-6-2)18-14(11-21)19(22)27-12(3)17(18)20(23)24-4/h1,7-8,10,18H,6,9,22H2,2-4H3/t18-/m0/s1. The fourth-order valence-corrected chi connectivity index (χ4v) is 2.80. The molecule has 1 aromatic carbocycles. The molecule has 0 fully saturated rings. The van der Waals surface area contributed by atoms with Crippen molar-refractivity contribution in [3.8, 4) is 29.9 Å². The third kappa shape index (κ3) is 3.99. The van der Waals surface area contributed by atoms with Gasteiger partial charge >= 0.3 is 5.97 Å². The number of allylic oxidation sites excluding steroid dienone is 2. The molecule has 0 saturated heterocycles. The molecule has 7 heteroatoms. The second kappa shape index (κ2) is 8.68. The molecular weight excluding hydrogens is 348 g/mol. The minimum Gasteiger partial charge on any atom is -0.490 e. The van der Waals surface area contributed by atoms with E-state index in [4.69, 9.17) is 31.1 Å². The van der Waals surface area contributed by atoms with Crippen molar-refractivity contribution in [2.24, 2.45) is 5.73 Å². The van der Waals surface area contributed by atoms with Crippen LogP contribution in [0.15, 0.2) is 41.0 Å². The summed E-state index contributed by atoms with van der Waals surface area (Å²) in [5.41, 5.74) is 6.79. The van der Waals surface area contributed by atoms with Crippen LogP contribution in [-0.4, -0.2) is 26.3 Å². The van der Waals surface area contributed by atoms with E-state index in [0.717, 1.165) is 0 Å². The first-order valence-electron chi connectivity index (χ1n) is 8.18. The van der Waals surface area contributed by atoms with Gasteiger partial charge in [-0.15, -0.1) is 6.42 Å². The maximum Gasteiger partial charge on any atom is 0.338 e. The number of terminal acetylenes is 1. The average Bonchev–Trinajstić information content (AvgIpc) is 2.66. The van der Waals surface area contributed by atoms with Gasteiger partial charge in [-0.25, -0.2) is 4.79 Å². The highest BCUT2D eigenvalue weighted by molar-refractivity contribution is 5.92. The summed E-state index contributed by atoms with van der Waals surface area (Å²) in [7, 11) is 1.26. The summed E-state index contributed by atoms with van der Waals surface area (Å²) in [4.78, 5) is 12.3. The summed E-state index contributed by atoms with van der Waals surface area (Å²) in [5, 5.41) is 9.57. The van der Waals surface area contributed by atoms with Crippen LogP contribution in [0.5, 0.6) is 11.5 Å². The van der Waals surface area contributed by atoms with Crippen LogP contribution in [0, 0.1) is 23.7 Å². The fraction of sp³-hybridized carbons (Fsp3) is 0.300. The number of carbonyl (C=O) groups is 1. The monoisotopic (exact) mass is 368 g/mol. The topological polar surface area (TPSA) is 104 Å². The number of hydrogen-bond donors (Lipinski definition) is 1. The first-order chi connectivity index (χ1) is 13.0. The Morgan fingerprint density at radius 3 is 2.70 bits per heavy atom. The number of methoxy groups -OCH3 is 1. The molecule has 0 bridgehead atoms. The molecule has 0 saturated carbocycles. The summed E-state index contributed by atoms with van der Waals surface area (Å²) in [6, 6.07) is 7.09. The van der Waals surface area contributed by atoms with Gasteiger partial charge in [0.2, 0.25) is 5.88 Å². The van der Waals surface area contributed by atoms with Crippen LogP contribution < -0.4 is 15.2 Å². The second-order valence-corrected chi connectivity index (χ2v) is 5.52. The Morgan fingerprint density at radius 2 is 2.11 bits per heavy atom. The Kier molecular flexibility index (Phi) is 6.35. The summed E-state index contributed by atoms with van der Waals surface area (Å²) >= 11 is 0. The number of esters is 1. The highest BCUT2D eigenvalue weighted by Crippen LogP contribution is 2.42. The molecule has 2 N–H and O–H groups in total. The van der Waals surface area contributed by atoms with Crippen molar-refractivity contribution in [1.82, 2.24) is 0 Å². The van der Waals surface area contributed by atoms with Crippen LogP contribution in [0.4, 0.5) is 0 Å². The van der Waals surface area contributed by atoms with Gasteiger partial charge in [0.15, 0.2) is 11.5 Å². The molecule has 1 aliphatic heterocycles. The Hall–Kier alpha value is -3.58. The molecule has 0 aliphatic carbocycles. The van der Waals surface area contributed by atoms with Crippen LogP contribution >= 0.6 is 0 Å². The van der Waals surface area contributed by atoms with Crippen molar-refractivity contribution in [2.45, 2.75) is 19.8 Å². The number of rotatable bonds is 6. The number of ether oxygens (including phenoxy) is 4. The lowest BCUT2D eigenvalue weighted by Gasteiger charge is -2.27. The van der Waals surface area contributed by atoms with Crippen molar-refractivity contribution >= 4 is 5.97 Å². The molecule has 1 aliphatic rings. The third-order valence-electron chi connectivity index (χ3n) is 3.92. The maximum atomic E-state index is 12.3. The number of hydrogen-bond acceptors (Lipinski definition) is 7. The van der Waals surface area contributed by atoms with Crippen LogP contribution in [0.1, 0.15) is 25.3 Å². The zero-order chi connectivity index (χ0) is 20.0.